The maximum absolute atomic E-state index is 11.4. The average molecular weight is 331 g/mol. The third-order valence-corrected chi connectivity index (χ3v) is 3.28. The van der Waals surface area contributed by atoms with Gasteiger partial charge in [-0.3, -0.25) is 0 Å². The molecular weight excluding hydrogens is 320 g/mol. The molecule has 0 aliphatic carbocycles. The molecule has 20 heavy (non-hydrogen) atoms. The largest absolute Gasteiger partial charge is 0.479 e. The maximum atomic E-state index is 11.4. The molecule has 2 aromatic carbocycles. The minimum Gasteiger partial charge on any atom is -0.479 e. The van der Waals surface area contributed by atoms with Crippen LogP contribution in [0.1, 0.15) is 17.2 Å². The smallest absolute Gasteiger partial charge is 0.330 e. The van der Waals surface area contributed by atoms with Gasteiger partial charge in [0.1, 0.15) is 6.07 Å². The van der Waals surface area contributed by atoms with Gasteiger partial charge in [-0.05, 0) is 23.8 Å². The molecule has 0 saturated carbocycles. The molecule has 0 amide bonds. The first kappa shape index (κ1) is 14.1. The van der Waals surface area contributed by atoms with Crippen molar-refractivity contribution in [2.75, 3.05) is 5.32 Å². The highest BCUT2D eigenvalue weighted by atomic mass is 79.9. The number of halogens is 1. The summed E-state index contributed by atoms with van der Waals surface area (Å²) in [7, 11) is 0. The summed E-state index contributed by atoms with van der Waals surface area (Å²) in [5.74, 6) is -1.000. The maximum Gasteiger partial charge on any atom is 0.330 e. The number of hydrogen-bond donors (Lipinski definition) is 2. The highest BCUT2D eigenvalue weighted by molar-refractivity contribution is 9.10. The molecule has 5 heteroatoms. The molecule has 0 saturated heterocycles. The Morgan fingerprint density at radius 1 is 1.25 bits per heavy atom. The molecule has 0 aromatic heterocycles. The quantitative estimate of drug-likeness (QED) is 0.898. The molecule has 0 aliphatic heterocycles. The Labute approximate surface area is 124 Å². The number of carboxylic acid groups (broad SMARTS) is 1. The van der Waals surface area contributed by atoms with Crippen molar-refractivity contribution < 1.29 is 9.90 Å². The van der Waals surface area contributed by atoms with E-state index in [1.807, 2.05) is 12.1 Å². The van der Waals surface area contributed by atoms with Crippen molar-refractivity contribution in [2.45, 2.75) is 6.04 Å². The van der Waals surface area contributed by atoms with Gasteiger partial charge in [-0.1, -0.05) is 46.3 Å². The summed E-state index contributed by atoms with van der Waals surface area (Å²) >= 11 is 3.31. The summed E-state index contributed by atoms with van der Waals surface area (Å²) in [5.41, 5.74) is 1.51. The molecule has 0 heterocycles. The number of carbonyl (C=O) groups is 1. The van der Waals surface area contributed by atoms with Gasteiger partial charge in [0.25, 0.3) is 0 Å². The summed E-state index contributed by atoms with van der Waals surface area (Å²) in [6, 6.07) is 15.0. The van der Waals surface area contributed by atoms with Gasteiger partial charge in [-0.2, -0.15) is 5.26 Å². The summed E-state index contributed by atoms with van der Waals surface area (Å²) in [4.78, 5) is 11.4. The number of hydrogen-bond acceptors (Lipinski definition) is 3. The van der Waals surface area contributed by atoms with Crippen LogP contribution in [0.25, 0.3) is 0 Å². The van der Waals surface area contributed by atoms with Crippen LogP contribution in [-0.2, 0) is 4.79 Å². The van der Waals surface area contributed by atoms with E-state index >= 15 is 0 Å². The van der Waals surface area contributed by atoms with Gasteiger partial charge in [-0.25, -0.2) is 4.79 Å². The van der Waals surface area contributed by atoms with E-state index in [4.69, 9.17) is 5.26 Å². The van der Waals surface area contributed by atoms with Gasteiger partial charge < -0.3 is 10.4 Å². The molecule has 2 rings (SSSR count). The van der Waals surface area contributed by atoms with Crippen molar-refractivity contribution in [1.29, 1.82) is 5.26 Å². The van der Waals surface area contributed by atoms with Crippen molar-refractivity contribution in [3.05, 3.63) is 64.1 Å². The van der Waals surface area contributed by atoms with Crippen LogP contribution in [0.3, 0.4) is 0 Å². The number of nitrogens with zero attached hydrogens (tertiary/aromatic N) is 1. The van der Waals surface area contributed by atoms with Crippen molar-refractivity contribution in [3.8, 4) is 6.07 Å². The lowest BCUT2D eigenvalue weighted by atomic mass is 10.1. The number of nitrogens with one attached hydrogen (secondary N) is 1. The van der Waals surface area contributed by atoms with Crippen LogP contribution >= 0.6 is 15.9 Å². The summed E-state index contributed by atoms with van der Waals surface area (Å²) in [6.07, 6.45) is 0. The van der Waals surface area contributed by atoms with Gasteiger partial charge >= 0.3 is 5.97 Å². The van der Waals surface area contributed by atoms with Crippen molar-refractivity contribution in [2.24, 2.45) is 0 Å². The third-order valence-electron chi connectivity index (χ3n) is 2.78. The van der Waals surface area contributed by atoms with E-state index in [1.54, 1.807) is 42.5 Å². The molecule has 100 valence electrons. The van der Waals surface area contributed by atoms with E-state index in [1.165, 1.54) is 0 Å². The predicted octanol–water partition coefficient (Wildman–Crippen LogP) is 3.56. The first-order chi connectivity index (χ1) is 9.61. The Bertz CT molecular complexity index is 665. The second-order valence-corrected chi connectivity index (χ2v) is 5.04. The van der Waals surface area contributed by atoms with Crippen molar-refractivity contribution in [3.63, 3.8) is 0 Å². The Kier molecular flexibility index (Phi) is 4.38. The second-order valence-electron chi connectivity index (χ2n) is 4.13. The zero-order chi connectivity index (χ0) is 14.5. The first-order valence-corrected chi connectivity index (χ1v) is 6.65. The molecule has 1 unspecified atom stereocenters. The molecule has 0 spiro atoms. The summed E-state index contributed by atoms with van der Waals surface area (Å²) in [6.45, 7) is 0. The molecule has 2 aromatic rings. The number of benzene rings is 2. The fraction of sp³-hybridized carbons (Fsp3) is 0.0667. The lowest BCUT2D eigenvalue weighted by Crippen LogP contribution is -2.20. The minimum absolute atomic E-state index is 0.399. The number of nitriles is 1. The lowest BCUT2D eigenvalue weighted by molar-refractivity contribution is -0.138. The van der Waals surface area contributed by atoms with Gasteiger partial charge in [0.05, 0.1) is 11.3 Å². The van der Waals surface area contributed by atoms with Crippen LogP contribution in [0, 0.1) is 11.3 Å². The molecule has 2 N–H and O–H groups in total. The van der Waals surface area contributed by atoms with Gasteiger partial charge in [0.2, 0.25) is 0 Å². The summed E-state index contributed by atoms with van der Waals surface area (Å²) in [5, 5.41) is 21.3. The Balaban J connectivity index is 2.37. The topological polar surface area (TPSA) is 73.1 Å². The van der Waals surface area contributed by atoms with Crippen molar-refractivity contribution in [1.82, 2.24) is 0 Å². The van der Waals surface area contributed by atoms with Crippen LogP contribution in [0.4, 0.5) is 5.69 Å². The fourth-order valence-corrected chi connectivity index (χ4v) is 2.18. The van der Waals surface area contributed by atoms with E-state index in [0.717, 1.165) is 4.47 Å². The number of aliphatic carboxylic acids is 1. The molecule has 1 atom stereocenters. The molecular formula is C15H11BrN2O2. The average Bonchev–Trinajstić information content (AvgIpc) is 2.45. The molecule has 0 radical (unpaired) electrons. The van der Waals surface area contributed by atoms with Crippen LogP contribution in [0.2, 0.25) is 0 Å². The summed E-state index contributed by atoms with van der Waals surface area (Å²) < 4.78 is 0.774. The Morgan fingerprint density at radius 3 is 2.55 bits per heavy atom. The van der Waals surface area contributed by atoms with Crippen LogP contribution in [0.15, 0.2) is 53.0 Å². The standard InChI is InChI=1S/C15H11BrN2O2/c16-12-7-6-11(9-17)13(8-12)18-14(15(19)20)10-4-2-1-3-5-10/h1-8,14,18H,(H,19,20). The normalized spacial score (nSPS) is 11.4. The second kappa shape index (κ2) is 6.22. The Morgan fingerprint density at radius 2 is 1.95 bits per heavy atom. The van der Waals surface area contributed by atoms with Crippen LogP contribution in [-0.4, -0.2) is 11.1 Å². The van der Waals surface area contributed by atoms with Gasteiger partial charge in [-0.15, -0.1) is 0 Å². The lowest BCUT2D eigenvalue weighted by Gasteiger charge is -2.17. The van der Waals surface area contributed by atoms with E-state index < -0.39 is 12.0 Å². The number of rotatable bonds is 4. The van der Waals surface area contributed by atoms with Gasteiger partial charge in [0.15, 0.2) is 6.04 Å². The predicted molar refractivity (Wildman–Crippen MR) is 79.3 cm³/mol. The zero-order valence-electron chi connectivity index (χ0n) is 10.4. The third kappa shape index (κ3) is 3.16. The molecule has 0 aliphatic rings. The number of anilines is 1. The Hall–Kier alpha value is -2.32. The zero-order valence-corrected chi connectivity index (χ0v) is 12.0. The molecule has 0 fully saturated rings. The first-order valence-electron chi connectivity index (χ1n) is 5.86. The van der Waals surface area contributed by atoms with E-state index in [2.05, 4.69) is 21.2 Å². The highest BCUT2D eigenvalue weighted by Gasteiger charge is 2.20. The van der Waals surface area contributed by atoms with Crippen molar-refractivity contribution >= 4 is 27.6 Å². The van der Waals surface area contributed by atoms with Crippen LogP contribution < -0.4 is 5.32 Å². The molecule has 0 bridgehead atoms. The van der Waals surface area contributed by atoms with Crippen LogP contribution in [0.5, 0.6) is 0 Å². The SMILES string of the molecule is N#Cc1ccc(Br)cc1NC(C(=O)O)c1ccccc1. The minimum atomic E-state index is -1.000. The number of carboxylic acids is 1. The van der Waals surface area contributed by atoms with E-state index in [9.17, 15) is 9.90 Å². The van der Waals surface area contributed by atoms with E-state index in [0.29, 0.717) is 16.8 Å². The van der Waals surface area contributed by atoms with Gasteiger partial charge in [0, 0.05) is 4.47 Å². The van der Waals surface area contributed by atoms with E-state index in [-0.39, 0.29) is 0 Å². The molecule has 4 nitrogen and oxygen atoms in total. The monoisotopic (exact) mass is 330 g/mol. The fourth-order valence-electron chi connectivity index (χ4n) is 1.82. The highest BCUT2D eigenvalue weighted by Crippen LogP contribution is 2.25.